The van der Waals surface area contributed by atoms with Crippen LogP contribution in [0.2, 0.25) is 0 Å². The molecule has 0 aromatic heterocycles. The molecule has 0 heterocycles. The summed E-state index contributed by atoms with van der Waals surface area (Å²) in [5.74, 6) is -6.89. The molecule has 0 amide bonds. The van der Waals surface area contributed by atoms with Crippen molar-refractivity contribution < 1.29 is 39.9 Å². The molecule has 0 aromatic rings. The van der Waals surface area contributed by atoms with Crippen molar-refractivity contribution in [3.05, 3.63) is 0 Å². The van der Waals surface area contributed by atoms with Crippen LogP contribution in [0.15, 0.2) is 0 Å². The number of aliphatic hydroxyl groups excluding tert-OH is 1. The molecule has 2 bridgehead atoms. The molecule has 9 unspecified atom stereocenters. The smallest absolute Gasteiger partial charge is 0.312 e. The standard InChI is InChI=1S/C20H28O8/c1-17(28)8-19-7-9(17)3-4-10(19)20(16(26)27)6-5-11(21)18(2,15(24)25)13(20)12(19)14(22)23/h9-13,21,28H,3-8H2,1-2H3,(H,22,23)(H,24,25)(H,26,27). The molecule has 28 heavy (non-hydrogen) atoms. The number of carboxylic acid groups (broad SMARTS) is 3. The Morgan fingerprint density at radius 1 is 0.964 bits per heavy atom. The quantitative estimate of drug-likeness (QED) is 0.477. The third-order valence-corrected chi connectivity index (χ3v) is 9.12. The van der Waals surface area contributed by atoms with Crippen molar-refractivity contribution in [1.82, 2.24) is 0 Å². The molecule has 0 saturated heterocycles. The SMILES string of the molecule is CC1(O)CC23CC1CCC2C1(C(=O)O)CCC(O)C(C)(C(=O)O)C1C3C(=O)O. The topological polar surface area (TPSA) is 152 Å². The van der Waals surface area contributed by atoms with E-state index in [4.69, 9.17) is 0 Å². The first-order valence-corrected chi connectivity index (χ1v) is 9.95. The second-order valence-electron chi connectivity index (χ2n) is 10.1. The van der Waals surface area contributed by atoms with Crippen molar-refractivity contribution in [2.24, 2.45) is 39.9 Å². The van der Waals surface area contributed by atoms with Gasteiger partial charge in [0, 0.05) is 5.92 Å². The van der Waals surface area contributed by atoms with Gasteiger partial charge in [0.15, 0.2) is 0 Å². The average Bonchev–Trinajstić information content (AvgIpc) is 2.96. The van der Waals surface area contributed by atoms with Crippen molar-refractivity contribution >= 4 is 17.9 Å². The molecule has 4 saturated carbocycles. The molecule has 4 aliphatic rings. The van der Waals surface area contributed by atoms with Gasteiger partial charge in [-0.25, -0.2) is 0 Å². The van der Waals surface area contributed by atoms with Crippen LogP contribution in [-0.2, 0) is 14.4 Å². The molecule has 8 heteroatoms. The number of rotatable bonds is 3. The van der Waals surface area contributed by atoms with Gasteiger partial charge in [-0.2, -0.15) is 0 Å². The first kappa shape index (κ1) is 19.6. The number of fused-ring (bicyclic) bond motifs is 3. The van der Waals surface area contributed by atoms with Gasteiger partial charge in [-0.05, 0) is 69.6 Å². The maximum absolute atomic E-state index is 12.7. The van der Waals surface area contributed by atoms with Crippen LogP contribution >= 0.6 is 0 Å². The van der Waals surface area contributed by atoms with E-state index >= 15 is 0 Å². The number of carbonyl (C=O) groups is 3. The third kappa shape index (κ3) is 1.95. The maximum atomic E-state index is 12.7. The summed E-state index contributed by atoms with van der Waals surface area (Å²) in [6, 6.07) is 0. The Balaban J connectivity index is 2.02. The molecule has 0 aromatic carbocycles. The van der Waals surface area contributed by atoms with Gasteiger partial charge in [0.25, 0.3) is 0 Å². The summed E-state index contributed by atoms with van der Waals surface area (Å²) < 4.78 is 0. The Morgan fingerprint density at radius 2 is 1.61 bits per heavy atom. The summed E-state index contributed by atoms with van der Waals surface area (Å²) >= 11 is 0. The second kappa shape index (κ2) is 5.48. The molecular weight excluding hydrogens is 368 g/mol. The lowest BCUT2D eigenvalue weighted by Gasteiger charge is -2.51. The van der Waals surface area contributed by atoms with E-state index < -0.39 is 63.6 Å². The van der Waals surface area contributed by atoms with Crippen LogP contribution < -0.4 is 0 Å². The van der Waals surface area contributed by atoms with Gasteiger partial charge in [-0.15, -0.1) is 0 Å². The first-order chi connectivity index (χ1) is 12.9. The fraction of sp³-hybridized carbons (Fsp3) is 0.850. The van der Waals surface area contributed by atoms with Crippen molar-refractivity contribution in [2.75, 3.05) is 0 Å². The van der Waals surface area contributed by atoms with Crippen LogP contribution in [0.4, 0.5) is 0 Å². The lowest BCUT2D eigenvalue weighted by molar-refractivity contribution is -0.191. The molecule has 4 aliphatic carbocycles. The molecule has 8 nitrogen and oxygen atoms in total. The maximum Gasteiger partial charge on any atom is 0.312 e. The minimum Gasteiger partial charge on any atom is -0.481 e. The highest BCUT2D eigenvalue weighted by Gasteiger charge is 2.81. The van der Waals surface area contributed by atoms with E-state index in [0.717, 1.165) is 0 Å². The van der Waals surface area contributed by atoms with Crippen LogP contribution in [0.1, 0.15) is 52.4 Å². The molecule has 9 atom stereocenters. The van der Waals surface area contributed by atoms with Crippen molar-refractivity contribution in [3.63, 3.8) is 0 Å². The Labute approximate surface area is 162 Å². The number of hydrogen-bond acceptors (Lipinski definition) is 5. The summed E-state index contributed by atoms with van der Waals surface area (Å²) in [6.07, 6.45) is 0.338. The fourth-order valence-electron chi connectivity index (χ4n) is 8.11. The van der Waals surface area contributed by atoms with E-state index in [-0.39, 0.29) is 25.2 Å². The monoisotopic (exact) mass is 396 g/mol. The summed E-state index contributed by atoms with van der Waals surface area (Å²) in [5, 5.41) is 52.2. The summed E-state index contributed by atoms with van der Waals surface area (Å²) in [6.45, 7) is 2.98. The molecule has 0 aliphatic heterocycles. The van der Waals surface area contributed by atoms with Crippen LogP contribution in [0, 0.1) is 39.9 Å². The van der Waals surface area contributed by atoms with Crippen molar-refractivity contribution in [1.29, 1.82) is 0 Å². The average molecular weight is 396 g/mol. The highest BCUT2D eigenvalue weighted by molar-refractivity contribution is 5.86. The van der Waals surface area contributed by atoms with Crippen molar-refractivity contribution in [2.45, 2.75) is 64.1 Å². The van der Waals surface area contributed by atoms with Crippen LogP contribution in [0.3, 0.4) is 0 Å². The number of carboxylic acids is 3. The molecule has 156 valence electrons. The molecular formula is C20H28O8. The Kier molecular flexibility index (Phi) is 3.84. The molecule has 0 radical (unpaired) electrons. The van der Waals surface area contributed by atoms with Gasteiger partial charge < -0.3 is 25.5 Å². The van der Waals surface area contributed by atoms with Crippen molar-refractivity contribution in [3.8, 4) is 0 Å². The Hall–Kier alpha value is -1.67. The largest absolute Gasteiger partial charge is 0.481 e. The van der Waals surface area contributed by atoms with Crippen LogP contribution in [0.5, 0.6) is 0 Å². The highest BCUT2D eigenvalue weighted by Crippen LogP contribution is 2.78. The Morgan fingerprint density at radius 3 is 2.14 bits per heavy atom. The van der Waals surface area contributed by atoms with Crippen LogP contribution in [-0.4, -0.2) is 55.1 Å². The van der Waals surface area contributed by atoms with Gasteiger partial charge >= 0.3 is 17.9 Å². The summed E-state index contributed by atoms with van der Waals surface area (Å²) in [7, 11) is 0. The van der Waals surface area contributed by atoms with E-state index in [9.17, 15) is 39.9 Å². The summed E-state index contributed by atoms with van der Waals surface area (Å²) in [4.78, 5) is 37.5. The molecule has 4 fully saturated rings. The minimum absolute atomic E-state index is 0.00431. The van der Waals surface area contributed by atoms with Gasteiger partial charge in [0.05, 0.1) is 28.5 Å². The van der Waals surface area contributed by atoms with Gasteiger partial charge in [0.2, 0.25) is 0 Å². The predicted molar refractivity (Wildman–Crippen MR) is 94.2 cm³/mol. The van der Waals surface area contributed by atoms with E-state index in [2.05, 4.69) is 0 Å². The second-order valence-corrected chi connectivity index (χ2v) is 10.1. The summed E-state index contributed by atoms with van der Waals surface area (Å²) in [5.41, 5.74) is -5.48. The predicted octanol–water partition coefficient (Wildman–Crippen LogP) is 1.19. The van der Waals surface area contributed by atoms with Gasteiger partial charge in [0.1, 0.15) is 0 Å². The number of aliphatic carboxylic acids is 3. The number of hydrogen-bond donors (Lipinski definition) is 5. The zero-order chi connectivity index (χ0) is 20.9. The normalized spacial score (nSPS) is 54.6. The van der Waals surface area contributed by atoms with E-state index in [1.54, 1.807) is 6.92 Å². The zero-order valence-electron chi connectivity index (χ0n) is 16.1. The zero-order valence-corrected chi connectivity index (χ0v) is 16.1. The van der Waals surface area contributed by atoms with Crippen LogP contribution in [0.25, 0.3) is 0 Å². The fourth-order valence-corrected chi connectivity index (χ4v) is 8.11. The van der Waals surface area contributed by atoms with E-state index in [1.807, 2.05) is 0 Å². The van der Waals surface area contributed by atoms with Gasteiger partial charge in [-0.1, -0.05) is 0 Å². The van der Waals surface area contributed by atoms with E-state index in [1.165, 1.54) is 6.92 Å². The number of aliphatic hydroxyl groups is 2. The molecule has 5 N–H and O–H groups in total. The lowest BCUT2D eigenvalue weighted by atomic mass is 9.51. The molecule has 4 rings (SSSR count). The van der Waals surface area contributed by atoms with Gasteiger partial charge in [-0.3, -0.25) is 14.4 Å². The highest BCUT2D eigenvalue weighted by atomic mass is 16.4. The third-order valence-electron chi connectivity index (χ3n) is 9.12. The first-order valence-electron chi connectivity index (χ1n) is 9.95. The Bertz CT molecular complexity index is 761. The minimum atomic E-state index is -1.88. The van der Waals surface area contributed by atoms with E-state index in [0.29, 0.717) is 19.3 Å². The lowest BCUT2D eigenvalue weighted by Crippen LogP contribution is -2.60. The molecule has 1 spiro atoms.